The Balaban J connectivity index is 1.60. The number of halogens is 2. The molecule has 0 radical (unpaired) electrons. The van der Waals surface area contributed by atoms with Crippen LogP contribution in [0.5, 0.6) is 0 Å². The molecule has 0 aliphatic carbocycles. The van der Waals surface area contributed by atoms with E-state index in [9.17, 15) is 9.18 Å². The van der Waals surface area contributed by atoms with Crippen LogP contribution in [0.3, 0.4) is 0 Å². The van der Waals surface area contributed by atoms with Crippen LogP contribution in [0.15, 0.2) is 36.7 Å². The van der Waals surface area contributed by atoms with E-state index < -0.39 is 5.82 Å². The first kappa shape index (κ1) is 15.0. The molecule has 0 N–H and O–H groups in total. The van der Waals surface area contributed by atoms with Crippen LogP contribution in [0.2, 0.25) is 5.02 Å². The van der Waals surface area contributed by atoms with Gasteiger partial charge in [-0.1, -0.05) is 11.6 Å². The van der Waals surface area contributed by atoms with E-state index in [1.807, 2.05) is 16.9 Å². The van der Waals surface area contributed by atoms with Crippen molar-refractivity contribution in [3.63, 3.8) is 0 Å². The molecule has 3 rings (SSSR count). The highest BCUT2D eigenvalue weighted by molar-refractivity contribution is 6.33. The summed E-state index contributed by atoms with van der Waals surface area (Å²) in [4.78, 5) is 14.2. The number of benzene rings is 1. The molecule has 0 spiro atoms. The fourth-order valence-electron chi connectivity index (χ4n) is 2.82. The highest BCUT2D eigenvalue weighted by Gasteiger charge is 2.25. The van der Waals surface area contributed by atoms with Crippen molar-refractivity contribution in [2.24, 2.45) is 5.92 Å². The molecule has 1 saturated heterocycles. The third-order valence-corrected chi connectivity index (χ3v) is 4.38. The molecule has 22 heavy (non-hydrogen) atoms. The number of hydrogen-bond acceptors (Lipinski definition) is 2. The molecule has 4 nitrogen and oxygen atoms in total. The molecule has 2 heterocycles. The van der Waals surface area contributed by atoms with Gasteiger partial charge in [0, 0.05) is 32.0 Å². The van der Waals surface area contributed by atoms with Gasteiger partial charge in [0.25, 0.3) is 5.91 Å². The van der Waals surface area contributed by atoms with Crippen LogP contribution < -0.4 is 0 Å². The monoisotopic (exact) mass is 321 g/mol. The Labute approximate surface area is 133 Å². The van der Waals surface area contributed by atoms with Crippen molar-refractivity contribution >= 4 is 17.5 Å². The minimum atomic E-state index is -0.431. The maximum Gasteiger partial charge on any atom is 0.255 e. The second-order valence-electron chi connectivity index (χ2n) is 5.59. The van der Waals surface area contributed by atoms with Gasteiger partial charge in [-0.3, -0.25) is 9.48 Å². The Hall–Kier alpha value is -1.88. The molecule has 1 aromatic carbocycles. The number of carbonyl (C=O) groups is 1. The normalized spacial score (nSPS) is 16.0. The minimum Gasteiger partial charge on any atom is -0.339 e. The van der Waals surface area contributed by atoms with Gasteiger partial charge in [-0.25, -0.2) is 4.39 Å². The number of nitrogens with zero attached hydrogens (tertiary/aromatic N) is 3. The van der Waals surface area contributed by atoms with Gasteiger partial charge in [-0.15, -0.1) is 0 Å². The lowest BCUT2D eigenvalue weighted by Crippen LogP contribution is -2.39. The maximum atomic E-state index is 13.1. The van der Waals surface area contributed by atoms with E-state index in [0.717, 1.165) is 19.4 Å². The SMILES string of the molecule is O=C(c1ccc(F)cc1Cl)N1CCC(Cn2cccn2)CC1. The average Bonchev–Trinajstić information content (AvgIpc) is 3.00. The molecule has 0 unspecified atom stereocenters. The Morgan fingerprint density at radius 1 is 1.36 bits per heavy atom. The number of likely N-dealkylation sites (tertiary alicyclic amines) is 1. The highest BCUT2D eigenvalue weighted by atomic mass is 35.5. The average molecular weight is 322 g/mol. The molecule has 0 atom stereocenters. The summed E-state index contributed by atoms with van der Waals surface area (Å²) in [6.45, 7) is 2.27. The smallest absolute Gasteiger partial charge is 0.255 e. The molecular weight excluding hydrogens is 305 g/mol. The van der Waals surface area contributed by atoms with E-state index in [1.165, 1.54) is 18.2 Å². The van der Waals surface area contributed by atoms with Crippen molar-refractivity contribution < 1.29 is 9.18 Å². The second kappa shape index (κ2) is 6.48. The number of rotatable bonds is 3. The highest BCUT2D eigenvalue weighted by Crippen LogP contribution is 2.23. The lowest BCUT2D eigenvalue weighted by molar-refractivity contribution is 0.0681. The van der Waals surface area contributed by atoms with E-state index in [2.05, 4.69) is 5.10 Å². The third kappa shape index (κ3) is 3.30. The lowest BCUT2D eigenvalue weighted by atomic mass is 9.96. The van der Waals surface area contributed by atoms with Crippen LogP contribution in [-0.4, -0.2) is 33.7 Å². The van der Waals surface area contributed by atoms with Gasteiger partial charge in [0.15, 0.2) is 0 Å². The van der Waals surface area contributed by atoms with E-state index >= 15 is 0 Å². The molecule has 116 valence electrons. The standard InChI is InChI=1S/C16H17ClFN3O/c17-15-10-13(18)2-3-14(15)16(22)20-8-4-12(5-9-20)11-21-7-1-6-19-21/h1-3,6-7,10,12H,4-5,8-9,11H2. The molecule has 0 saturated carbocycles. The summed E-state index contributed by atoms with van der Waals surface area (Å²) in [6, 6.07) is 5.81. The predicted molar refractivity (Wildman–Crippen MR) is 82.3 cm³/mol. The zero-order chi connectivity index (χ0) is 15.5. The molecule has 1 aliphatic rings. The van der Waals surface area contributed by atoms with Gasteiger partial charge >= 0.3 is 0 Å². The van der Waals surface area contributed by atoms with Crippen molar-refractivity contribution in [1.29, 1.82) is 0 Å². The van der Waals surface area contributed by atoms with Gasteiger partial charge in [-0.05, 0) is 43.0 Å². The molecule has 1 amide bonds. The summed E-state index contributed by atoms with van der Waals surface area (Å²) in [5, 5.41) is 4.39. The Kier molecular flexibility index (Phi) is 4.43. The van der Waals surface area contributed by atoms with Crippen LogP contribution in [0.4, 0.5) is 4.39 Å². The number of hydrogen-bond donors (Lipinski definition) is 0. The van der Waals surface area contributed by atoms with E-state index in [4.69, 9.17) is 11.6 Å². The van der Waals surface area contributed by atoms with E-state index in [0.29, 0.717) is 24.6 Å². The molecule has 1 aliphatic heterocycles. The molecule has 1 aromatic heterocycles. The number of piperidine rings is 1. The molecule has 1 fully saturated rings. The fourth-order valence-corrected chi connectivity index (χ4v) is 3.07. The van der Waals surface area contributed by atoms with Gasteiger partial charge in [-0.2, -0.15) is 5.10 Å². The first-order valence-electron chi connectivity index (χ1n) is 7.35. The van der Waals surface area contributed by atoms with E-state index in [-0.39, 0.29) is 10.9 Å². The minimum absolute atomic E-state index is 0.123. The molecule has 2 aromatic rings. The van der Waals surface area contributed by atoms with Gasteiger partial charge in [0.05, 0.1) is 10.6 Å². The second-order valence-corrected chi connectivity index (χ2v) is 6.00. The fraction of sp³-hybridized carbons (Fsp3) is 0.375. The zero-order valence-corrected chi connectivity index (χ0v) is 12.8. The van der Waals surface area contributed by atoms with Gasteiger partial charge < -0.3 is 4.90 Å². The number of carbonyl (C=O) groups excluding carboxylic acids is 1. The molecule has 0 bridgehead atoms. The number of aromatic nitrogens is 2. The van der Waals surface area contributed by atoms with Crippen molar-refractivity contribution in [3.8, 4) is 0 Å². The maximum absolute atomic E-state index is 13.1. The van der Waals surface area contributed by atoms with Crippen LogP contribution in [-0.2, 0) is 6.54 Å². The Morgan fingerprint density at radius 3 is 2.77 bits per heavy atom. The topological polar surface area (TPSA) is 38.1 Å². The first-order chi connectivity index (χ1) is 10.6. The predicted octanol–water partition coefficient (Wildman–Crippen LogP) is 3.23. The van der Waals surface area contributed by atoms with Crippen molar-refractivity contribution in [2.45, 2.75) is 19.4 Å². The van der Waals surface area contributed by atoms with Crippen molar-refractivity contribution in [3.05, 3.63) is 53.1 Å². The summed E-state index contributed by atoms with van der Waals surface area (Å²) in [6.07, 6.45) is 5.60. The lowest BCUT2D eigenvalue weighted by Gasteiger charge is -2.32. The quantitative estimate of drug-likeness (QED) is 0.870. The summed E-state index contributed by atoms with van der Waals surface area (Å²) < 4.78 is 15.0. The Bertz CT molecular complexity index is 651. The molecular formula is C16H17ClFN3O. The number of amides is 1. The van der Waals surface area contributed by atoms with Crippen LogP contribution in [0.25, 0.3) is 0 Å². The van der Waals surface area contributed by atoms with E-state index in [1.54, 1.807) is 11.1 Å². The Morgan fingerprint density at radius 2 is 2.14 bits per heavy atom. The summed E-state index contributed by atoms with van der Waals surface area (Å²) >= 11 is 5.97. The first-order valence-corrected chi connectivity index (χ1v) is 7.73. The van der Waals surface area contributed by atoms with Crippen molar-refractivity contribution in [2.75, 3.05) is 13.1 Å². The summed E-state index contributed by atoms with van der Waals surface area (Å²) in [5.74, 6) is -0.0327. The summed E-state index contributed by atoms with van der Waals surface area (Å²) in [7, 11) is 0. The summed E-state index contributed by atoms with van der Waals surface area (Å²) in [5.41, 5.74) is 0.369. The van der Waals surface area contributed by atoms with Crippen LogP contribution >= 0.6 is 11.6 Å². The zero-order valence-electron chi connectivity index (χ0n) is 12.1. The largest absolute Gasteiger partial charge is 0.339 e. The third-order valence-electron chi connectivity index (χ3n) is 4.07. The van der Waals surface area contributed by atoms with Crippen LogP contribution in [0.1, 0.15) is 23.2 Å². The van der Waals surface area contributed by atoms with Gasteiger partial charge in [0.1, 0.15) is 5.82 Å². The molecule has 6 heteroatoms. The van der Waals surface area contributed by atoms with Crippen LogP contribution in [0, 0.1) is 11.7 Å². The van der Waals surface area contributed by atoms with Gasteiger partial charge in [0.2, 0.25) is 0 Å². The van der Waals surface area contributed by atoms with Crippen molar-refractivity contribution in [1.82, 2.24) is 14.7 Å².